The first-order chi connectivity index (χ1) is 14.2. The van der Waals surface area contributed by atoms with E-state index in [1.165, 1.54) is 0 Å². The van der Waals surface area contributed by atoms with Gasteiger partial charge in [0.25, 0.3) is 0 Å². The lowest BCUT2D eigenvalue weighted by Gasteiger charge is -2.45. The molecule has 1 atom stereocenters. The van der Waals surface area contributed by atoms with E-state index >= 15 is 0 Å². The van der Waals surface area contributed by atoms with Gasteiger partial charge in [-0.15, -0.1) is 0 Å². The van der Waals surface area contributed by atoms with Crippen molar-refractivity contribution in [3.05, 3.63) is 60.7 Å². The maximum atomic E-state index is 13.3. The van der Waals surface area contributed by atoms with E-state index in [4.69, 9.17) is 4.98 Å². The predicted molar refractivity (Wildman–Crippen MR) is 113 cm³/mol. The summed E-state index contributed by atoms with van der Waals surface area (Å²) in [4.78, 5) is 30.7. The number of pyridine rings is 3. The molecule has 0 aromatic carbocycles. The second-order valence-corrected chi connectivity index (χ2v) is 7.51. The molecule has 0 saturated carbocycles. The number of anilines is 3. The van der Waals surface area contributed by atoms with Crippen LogP contribution in [0.5, 0.6) is 0 Å². The van der Waals surface area contributed by atoms with Crippen LogP contribution in [0.3, 0.4) is 0 Å². The number of aromatic nitrogens is 3. The summed E-state index contributed by atoms with van der Waals surface area (Å²) in [6.45, 7) is 3.87. The van der Waals surface area contributed by atoms with Gasteiger partial charge in [-0.25, -0.2) is 9.78 Å². The van der Waals surface area contributed by atoms with Crippen LogP contribution in [0.15, 0.2) is 55.1 Å². The standard InChI is InChI=1S/C22H22N6O/c1-15-8-10-24-13-18(15)19-6-7-20-21(26-19)28(17-5-3-11-27(20)14-17)22(29)25-16-4-2-9-23-12-16/h2,4,6-10,12-13,17H,3,5,11,14H2,1H3,(H,25,29)/t17-/m0/s1. The Morgan fingerprint density at radius 3 is 2.86 bits per heavy atom. The van der Waals surface area contributed by atoms with Crippen LogP contribution in [-0.4, -0.2) is 40.1 Å². The summed E-state index contributed by atoms with van der Waals surface area (Å²) in [7, 11) is 0. The molecule has 7 nitrogen and oxygen atoms in total. The Balaban J connectivity index is 1.57. The first kappa shape index (κ1) is 17.6. The minimum Gasteiger partial charge on any atom is -0.366 e. The average molecular weight is 386 g/mol. The smallest absolute Gasteiger partial charge is 0.327 e. The SMILES string of the molecule is Cc1ccncc1-c1ccc2c(n1)N(C(=O)Nc1cccnc1)[C@H]1CCCN2C1. The second-order valence-electron chi connectivity index (χ2n) is 7.51. The topological polar surface area (TPSA) is 74.2 Å². The van der Waals surface area contributed by atoms with E-state index in [-0.39, 0.29) is 12.1 Å². The fraction of sp³-hybridized carbons (Fsp3) is 0.273. The van der Waals surface area contributed by atoms with Crippen molar-refractivity contribution in [3.63, 3.8) is 0 Å². The fourth-order valence-electron chi connectivity index (χ4n) is 4.19. The first-order valence-electron chi connectivity index (χ1n) is 9.88. The van der Waals surface area contributed by atoms with E-state index < -0.39 is 0 Å². The molecule has 2 amide bonds. The first-order valence-corrected chi connectivity index (χ1v) is 9.88. The molecule has 2 aliphatic rings. The van der Waals surface area contributed by atoms with Gasteiger partial charge >= 0.3 is 6.03 Å². The summed E-state index contributed by atoms with van der Waals surface area (Å²) in [6, 6.07) is 9.66. The number of carbonyl (C=O) groups excluding carboxylic acids is 1. The third-order valence-corrected chi connectivity index (χ3v) is 5.63. The molecule has 0 unspecified atom stereocenters. The molecular weight excluding hydrogens is 364 g/mol. The Morgan fingerprint density at radius 1 is 1.14 bits per heavy atom. The molecule has 29 heavy (non-hydrogen) atoms. The zero-order valence-electron chi connectivity index (χ0n) is 16.2. The summed E-state index contributed by atoms with van der Waals surface area (Å²) in [5, 5.41) is 2.98. The molecule has 1 N–H and O–H groups in total. The zero-order valence-corrected chi connectivity index (χ0v) is 16.2. The number of nitrogens with zero attached hydrogens (tertiary/aromatic N) is 5. The van der Waals surface area contributed by atoms with Crippen molar-refractivity contribution in [1.82, 2.24) is 15.0 Å². The summed E-state index contributed by atoms with van der Waals surface area (Å²) < 4.78 is 0. The quantitative estimate of drug-likeness (QED) is 0.724. The van der Waals surface area contributed by atoms with E-state index in [2.05, 4.69) is 26.3 Å². The number of fused-ring (bicyclic) bond motifs is 4. The van der Waals surface area contributed by atoms with Gasteiger partial charge in [0.1, 0.15) is 0 Å². The monoisotopic (exact) mass is 386 g/mol. The number of carbonyl (C=O) groups is 1. The molecule has 5 heterocycles. The highest BCUT2D eigenvalue weighted by molar-refractivity contribution is 6.04. The van der Waals surface area contributed by atoms with Crippen LogP contribution >= 0.6 is 0 Å². The van der Waals surface area contributed by atoms with Crippen LogP contribution in [0.2, 0.25) is 0 Å². The molecule has 2 aliphatic heterocycles. The zero-order chi connectivity index (χ0) is 19.8. The van der Waals surface area contributed by atoms with Crippen molar-refractivity contribution in [2.75, 3.05) is 28.2 Å². The van der Waals surface area contributed by atoms with Gasteiger partial charge in [-0.05, 0) is 55.7 Å². The Morgan fingerprint density at radius 2 is 2.03 bits per heavy atom. The van der Waals surface area contributed by atoms with Crippen molar-refractivity contribution >= 4 is 23.2 Å². The number of aryl methyl sites for hydroxylation is 1. The van der Waals surface area contributed by atoms with Crippen LogP contribution < -0.4 is 15.1 Å². The third-order valence-electron chi connectivity index (χ3n) is 5.63. The Kier molecular flexibility index (Phi) is 4.35. The van der Waals surface area contributed by atoms with Crippen LogP contribution in [0.1, 0.15) is 18.4 Å². The predicted octanol–water partition coefficient (Wildman–Crippen LogP) is 3.87. The molecule has 3 aromatic heterocycles. The van der Waals surface area contributed by atoms with Gasteiger partial charge in [0.2, 0.25) is 0 Å². The van der Waals surface area contributed by atoms with Gasteiger partial charge in [-0.2, -0.15) is 0 Å². The van der Waals surface area contributed by atoms with Crippen LogP contribution in [0.4, 0.5) is 22.0 Å². The van der Waals surface area contributed by atoms with Crippen molar-refractivity contribution < 1.29 is 4.79 Å². The molecule has 146 valence electrons. The number of piperidine rings is 1. The Hall–Kier alpha value is -3.48. The highest BCUT2D eigenvalue weighted by atomic mass is 16.2. The summed E-state index contributed by atoms with van der Waals surface area (Å²) in [6.07, 6.45) is 8.97. The minimum atomic E-state index is -0.168. The Bertz CT molecular complexity index is 1050. The van der Waals surface area contributed by atoms with E-state index in [1.807, 2.05) is 42.3 Å². The highest BCUT2D eigenvalue weighted by Gasteiger charge is 2.38. The summed E-state index contributed by atoms with van der Waals surface area (Å²) in [5.74, 6) is 0.711. The Labute approximate surface area is 169 Å². The molecule has 3 aromatic rings. The van der Waals surface area contributed by atoms with Crippen molar-refractivity contribution in [3.8, 4) is 11.3 Å². The van der Waals surface area contributed by atoms with Crippen molar-refractivity contribution in [2.24, 2.45) is 0 Å². The lowest BCUT2D eigenvalue weighted by atomic mass is 9.99. The molecule has 0 spiro atoms. The molecule has 1 fully saturated rings. The van der Waals surface area contributed by atoms with Crippen LogP contribution in [-0.2, 0) is 0 Å². The molecule has 5 rings (SSSR count). The third kappa shape index (κ3) is 3.18. The highest BCUT2D eigenvalue weighted by Crippen LogP contribution is 2.39. The van der Waals surface area contributed by atoms with Gasteiger partial charge in [0.15, 0.2) is 5.82 Å². The largest absolute Gasteiger partial charge is 0.366 e. The summed E-state index contributed by atoms with van der Waals surface area (Å²) in [5.41, 5.74) is 4.60. The van der Waals surface area contributed by atoms with Crippen LogP contribution in [0, 0.1) is 6.92 Å². The normalized spacial score (nSPS) is 17.6. The van der Waals surface area contributed by atoms with Gasteiger partial charge in [0, 0.05) is 37.2 Å². The summed E-state index contributed by atoms with van der Waals surface area (Å²) >= 11 is 0. The van der Waals surface area contributed by atoms with Gasteiger partial charge < -0.3 is 10.2 Å². The number of hydrogen-bond acceptors (Lipinski definition) is 5. The maximum absolute atomic E-state index is 13.3. The maximum Gasteiger partial charge on any atom is 0.327 e. The molecule has 0 radical (unpaired) electrons. The number of hydrogen-bond donors (Lipinski definition) is 1. The van der Waals surface area contributed by atoms with Crippen molar-refractivity contribution in [1.29, 1.82) is 0 Å². The number of urea groups is 1. The average Bonchev–Trinajstić information content (AvgIpc) is 2.75. The fourth-order valence-corrected chi connectivity index (χ4v) is 4.19. The second kappa shape index (κ2) is 7.16. The van der Waals surface area contributed by atoms with E-state index in [0.717, 1.165) is 48.4 Å². The number of amides is 2. The molecule has 7 heteroatoms. The van der Waals surface area contributed by atoms with Gasteiger partial charge in [-0.3, -0.25) is 14.9 Å². The molecule has 2 bridgehead atoms. The van der Waals surface area contributed by atoms with Crippen molar-refractivity contribution in [2.45, 2.75) is 25.8 Å². The number of rotatable bonds is 2. The molecule has 1 saturated heterocycles. The van der Waals surface area contributed by atoms with Gasteiger partial charge in [-0.1, -0.05) is 0 Å². The lowest BCUT2D eigenvalue weighted by molar-refractivity contribution is 0.252. The number of nitrogens with one attached hydrogen (secondary N) is 1. The lowest BCUT2D eigenvalue weighted by Crippen LogP contribution is -2.56. The van der Waals surface area contributed by atoms with E-state index in [9.17, 15) is 4.79 Å². The molecular formula is C22H22N6O. The molecule has 0 aliphatic carbocycles. The van der Waals surface area contributed by atoms with E-state index in [0.29, 0.717) is 11.5 Å². The van der Waals surface area contributed by atoms with Crippen LogP contribution in [0.25, 0.3) is 11.3 Å². The van der Waals surface area contributed by atoms with Gasteiger partial charge in [0.05, 0.1) is 29.3 Å². The minimum absolute atomic E-state index is 0.102. The van der Waals surface area contributed by atoms with E-state index in [1.54, 1.807) is 18.6 Å².